The van der Waals surface area contributed by atoms with Crippen LogP contribution in [-0.2, 0) is 10.0 Å². The molecule has 0 fully saturated rings. The number of thiophene rings is 1. The second-order valence-electron chi connectivity index (χ2n) is 5.23. The van der Waals surface area contributed by atoms with Crippen molar-refractivity contribution < 1.29 is 13.5 Å². The SMILES string of the molecule is Cc1cc(S(=O)(=O)N[C@@H](CCCO)c2ccccc2)c(C)s1. The lowest BCUT2D eigenvalue weighted by atomic mass is 10.0. The summed E-state index contributed by atoms with van der Waals surface area (Å²) in [4.78, 5) is 2.11. The van der Waals surface area contributed by atoms with E-state index >= 15 is 0 Å². The summed E-state index contributed by atoms with van der Waals surface area (Å²) in [5.41, 5.74) is 0.907. The normalized spacial score (nSPS) is 13.2. The molecular formula is C16H21NO3S2. The molecule has 1 heterocycles. The lowest BCUT2D eigenvalue weighted by molar-refractivity contribution is 0.278. The summed E-state index contributed by atoms with van der Waals surface area (Å²) < 4.78 is 28.1. The molecule has 0 saturated carbocycles. The fourth-order valence-corrected chi connectivity index (χ4v) is 5.21. The summed E-state index contributed by atoms with van der Waals surface area (Å²) in [6, 6.07) is 10.8. The van der Waals surface area contributed by atoms with E-state index < -0.39 is 10.0 Å². The minimum Gasteiger partial charge on any atom is -0.396 e. The lowest BCUT2D eigenvalue weighted by Crippen LogP contribution is -2.29. The summed E-state index contributed by atoms with van der Waals surface area (Å²) in [5.74, 6) is 0. The van der Waals surface area contributed by atoms with Gasteiger partial charge in [-0.05, 0) is 38.3 Å². The predicted octanol–water partition coefficient (Wildman–Crippen LogP) is 3.16. The van der Waals surface area contributed by atoms with Crippen molar-refractivity contribution in [2.45, 2.75) is 37.6 Å². The average molecular weight is 339 g/mol. The van der Waals surface area contributed by atoms with Gasteiger partial charge < -0.3 is 5.11 Å². The number of nitrogens with one attached hydrogen (secondary N) is 1. The maximum atomic E-state index is 12.6. The third kappa shape index (κ3) is 4.16. The van der Waals surface area contributed by atoms with Crippen LogP contribution in [0.15, 0.2) is 41.3 Å². The Balaban J connectivity index is 2.28. The summed E-state index contributed by atoms with van der Waals surface area (Å²) >= 11 is 1.48. The Hall–Kier alpha value is -1.21. The van der Waals surface area contributed by atoms with Crippen molar-refractivity contribution in [2.24, 2.45) is 0 Å². The molecule has 0 aliphatic rings. The number of hydrogen-bond donors (Lipinski definition) is 2. The van der Waals surface area contributed by atoms with Gasteiger partial charge in [-0.1, -0.05) is 30.3 Å². The van der Waals surface area contributed by atoms with Gasteiger partial charge >= 0.3 is 0 Å². The van der Waals surface area contributed by atoms with Crippen LogP contribution in [0, 0.1) is 13.8 Å². The van der Waals surface area contributed by atoms with Gasteiger partial charge in [-0.25, -0.2) is 13.1 Å². The maximum absolute atomic E-state index is 12.6. The number of hydrogen-bond acceptors (Lipinski definition) is 4. The minimum atomic E-state index is -3.57. The molecule has 0 saturated heterocycles. The molecular weight excluding hydrogens is 318 g/mol. The Labute approximate surface area is 135 Å². The highest BCUT2D eigenvalue weighted by Gasteiger charge is 2.24. The molecule has 0 bridgehead atoms. The summed E-state index contributed by atoms with van der Waals surface area (Å²) in [7, 11) is -3.57. The predicted molar refractivity (Wildman–Crippen MR) is 89.6 cm³/mol. The first-order chi connectivity index (χ1) is 10.4. The van der Waals surface area contributed by atoms with E-state index in [0.29, 0.717) is 17.7 Å². The van der Waals surface area contributed by atoms with Crippen molar-refractivity contribution in [2.75, 3.05) is 6.61 Å². The molecule has 0 aliphatic carbocycles. The zero-order chi connectivity index (χ0) is 16.2. The smallest absolute Gasteiger partial charge is 0.242 e. The van der Waals surface area contributed by atoms with E-state index in [4.69, 9.17) is 5.11 Å². The van der Waals surface area contributed by atoms with Gasteiger partial charge in [0.1, 0.15) is 0 Å². The van der Waals surface area contributed by atoms with Crippen molar-refractivity contribution in [3.63, 3.8) is 0 Å². The molecule has 2 aromatic rings. The second kappa shape index (κ2) is 7.37. The van der Waals surface area contributed by atoms with E-state index in [0.717, 1.165) is 15.3 Å². The van der Waals surface area contributed by atoms with Crippen LogP contribution in [0.4, 0.5) is 0 Å². The number of aliphatic hydroxyl groups is 1. The van der Waals surface area contributed by atoms with Crippen LogP contribution in [0.1, 0.15) is 34.2 Å². The van der Waals surface area contributed by atoms with Gasteiger partial charge in [0, 0.05) is 22.4 Å². The molecule has 0 unspecified atom stereocenters. The Bertz CT molecular complexity index is 708. The van der Waals surface area contributed by atoms with Crippen molar-refractivity contribution in [3.8, 4) is 0 Å². The highest BCUT2D eigenvalue weighted by Crippen LogP contribution is 2.27. The lowest BCUT2D eigenvalue weighted by Gasteiger charge is -2.19. The molecule has 2 rings (SSSR count). The van der Waals surface area contributed by atoms with Crippen LogP contribution in [0.3, 0.4) is 0 Å². The first kappa shape index (κ1) is 17.1. The van der Waals surface area contributed by atoms with Crippen LogP contribution < -0.4 is 4.72 Å². The van der Waals surface area contributed by atoms with E-state index in [2.05, 4.69) is 4.72 Å². The Morgan fingerprint density at radius 3 is 2.45 bits per heavy atom. The van der Waals surface area contributed by atoms with Crippen LogP contribution >= 0.6 is 11.3 Å². The van der Waals surface area contributed by atoms with Gasteiger partial charge in [-0.2, -0.15) is 0 Å². The summed E-state index contributed by atoms with van der Waals surface area (Å²) in [6.07, 6.45) is 1.10. The number of benzene rings is 1. The first-order valence-corrected chi connectivity index (χ1v) is 9.49. The van der Waals surface area contributed by atoms with Gasteiger partial charge in [0.05, 0.1) is 4.90 Å². The molecule has 120 valence electrons. The Morgan fingerprint density at radius 1 is 1.23 bits per heavy atom. The van der Waals surface area contributed by atoms with E-state index in [1.807, 2.05) is 44.2 Å². The fraction of sp³-hybridized carbons (Fsp3) is 0.375. The summed E-state index contributed by atoms with van der Waals surface area (Å²) in [6.45, 7) is 3.76. The Kier molecular flexibility index (Phi) is 5.74. The Morgan fingerprint density at radius 2 is 1.91 bits per heavy atom. The van der Waals surface area contributed by atoms with E-state index in [-0.39, 0.29) is 12.6 Å². The highest BCUT2D eigenvalue weighted by molar-refractivity contribution is 7.89. The molecule has 0 radical (unpaired) electrons. The van der Waals surface area contributed by atoms with E-state index in [1.54, 1.807) is 6.07 Å². The third-order valence-electron chi connectivity index (χ3n) is 3.44. The fourth-order valence-electron chi connectivity index (χ4n) is 2.40. The monoisotopic (exact) mass is 339 g/mol. The van der Waals surface area contributed by atoms with Crippen LogP contribution in [0.25, 0.3) is 0 Å². The molecule has 6 heteroatoms. The molecule has 2 N–H and O–H groups in total. The van der Waals surface area contributed by atoms with Crippen molar-refractivity contribution in [3.05, 3.63) is 51.7 Å². The minimum absolute atomic E-state index is 0.0433. The molecule has 1 aromatic heterocycles. The van der Waals surface area contributed by atoms with Gasteiger partial charge in [0.2, 0.25) is 10.0 Å². The molecule has 0 aliphatic heterocycles. The maximum Gasteiger partial charge on any atom is 0.242 e. The van der Waals surface area contributed by atoms with Gasteiger partial charge in [0.15, 0.2) is 0 Å². The molecule has 0 spiro atoms. The zero-order valence-corrected chi connectivity index (χ0v) is 14.4. The van der Waals surface area contributed by atoms with Crippen LogP contribution in [0.2, 0.25) is 0 Å². The number of aliphatic hydroxyl groups excluding tert-OH is 1. The third-order valence-corrected chi connectivity index (χ3v) is 6.13. The van der Waals surface area contributed by atoms with Crippen LogP contribution in [-0.4, -0.2) is 20.1 Å². The second-order valence-corrected chi connectivity index (χ2v) is 8.37. The van der Waals surface area contributed by atoms with E-state index in [9.17, 15) is 8.42 Å². The topological polar surface area (TPSA) is 66.4 Å². The molecule has 1 atom stereocenters. The van der Waals surface area contributed by atoms with Crippen LogP contribution in [0.5, 0.6) is 0 Å². The van der Waals surface area contributed by atoms with Gasteiger partial charge in [-0.15, -0.1) is 11.3 Å². The molecule has 0 amide bonds. The number of aryl methyl sites for hydroxylation is 2. The van der Waals surface area contributed by atoms with Crippen molar-refractivity contribution in [1.29, 1.82) is 0 Å². The molecule has 1 aromatic carbocycles. The highest BCUT2D eigenvalue weighted by atomic mass is 32.2. The van der Waals surface area contributed by atoms with Crippen molar-refractivity contribution >= 4 is 21.4 Å². The van der Waals surface area contributed by atoms with Gasteiger partial charge in [-0.3, -0.25) is 0 Å². The summed E-state index contributed by atoms with van der Waals surface area (Å²) in [5, 5.41) is 9.05. The number of rotatable bonds is 7. The molecule has 22 heavy (non-hydrogen) atoms. The number of sulfonamides is 1. The van der Waals surface area contributed by atoms with E-state index in [1.165, 1.54) is 11.3 Å². The standard InChI is InChI=1S/C16H21NO3S2/c1-12-11-16(13(2)21-12)22(19,20)17-15(9-6-10-18)14-7-4-3-5-8-14/h3-5,7-8,11,15,17-18H,6,9-10H2,1-2H3/t15-/m0/s1. The largest absolute Gasteiger partial charge is 0.396 e. The first-order valence-electron chi connectivity index (χ1n) is 7.19. The van der Waals surface area contributed by atoms with Crippen molar-refractivity contribution in [1.82, 2.24) is 4.72 Å². The molecule has 4 nitrogen and oxygen atoms in total. The average Bonchev–Trinajstić information content (AvgIpc) is 2.84. The zero-order valence-electron chi connectivity index (χ0n) is 12.7. The quantitative estimate of drug-likeness (QED) is 0.814. The van der Waals surface area contributed by atoms with Gasteiger partial charge in [0.25, 0.3) is 0 Å².